The van der Waals surface area contributed by atoms with Crippen LogP contribution in [-0.2, 0) is 13.0 Å². The first-order chi connectivity index (χ1) is 7.13. The van der Waals surface area contributed by atoms with Gasteiger partial charge in [-0.3, -0.25) is 0 Å². The van der Waals surface area contributed by atoms with Gasteiger partial charge < -0.3 is 15.7 Å². The van der Waals surface area contributed by atoms with Crippen LogP contribution in [0.5, 0.6) is 5.75 Å². The molecule has 0 amide bonds. The van der Waals surface area contributed by atoms with E-state index in [-0.39, 0.29) is 0 Å². The lowest BCUT2D eigenvalue weighted by Crippen LogP contribution is -2.11. The van der Waals surface area contributed by atoms with Gasteiger partial charge in [-0.2, -0.15) is 0 Å². The lowest BCUT2D eigenvalue weighted by Gasteiger charge is -2.12. The van der Waals surface area contributed by atoms with Crippen molar-refractivity contribution < 1.29 is 5.11 Å². The summed E-state index contributed by atoms with van der Waals surface area (Å²) in [6, 6.07) is 5.79. The Labute approximate surface area is 91.5 Å². The van der Waals surface area contributed by atoms with Crippen LogP contribution in [0.15, 0.2) is 18.2 Å². The summed E-state index contributed by atoms with van der Waals surface area (Å²) in [6.45, 7) is 1.48. The molecule has 0 heterocycles. The molecule has 0 unspecified atom stereocenters. The smallest absolute Gasteiger partial charge is 0.120 e. The summed E-state index contributed by atoms with van der Waals surface area (Å²) in [6.07, 6.45) is 1.98. The van der Waals surface area contributed by atoms with Crippen LogP contribution in [0.1, 0.15) is 17.5 Å². The maximum Gasteiger partial charge on any atom is 0.120 e. The van der Waals surface area contributed by atoms with Gasteiger partial charge in [0, 0.05) is 12.1 Å². The molecule has 1 rings (SSSR count). The molecule has 3 N–H and O–H groups in total. The highest BCUT2D eigenvalue weighted by atomic mass is 16.3. The van der Waals surface area contributed by atoms with Crippen LogP contribution in [0.25, 0.3) is 0 Å². The monoisotopic (exact) mass is 208 g/mol. The first-order valence-corrected chi connectivity index (χ1v) is 5.29. The summed E-state index contributed by atoms with van der Waals surface area (Å²) in [7, 11) is 3.98. The molecule has 1 aromatic rings. The van der Waals surface area contributed by atoms with Crippen molar-refractivity contribution in [3.8, 4) is 5.75 Å². The van der Waals surface area contributed by atoms with Gasteiger partial charge in [0.15, 0.2) is 0 Å². The van der Waals surface area contributed by atoms with E-state index in [2.05, 4.69) is 6.07 Å². The Hall–Kier alpha value is -1.06. The third kappa shape index (κ3) is 3.90. The minimum atomic E-state index is 0.375. The highest BCUT2D eigenvalue weighted by molar-refractivity contribution is 5.36. The summed E-state index contributed by atoms with van der Waals surface area (Å²) in [4.78, 5) is 2.04. The molecule has 0 bridgehead atoms. The number of aryl methyl sites for hydroxylation is 1. The number of benzene rings is 1. The summed E-state index contributed by atoms with van der Waals surface area (Å²) in [5.74, 6) is 0.375. The van der Waals surface area contributed by atoms with E-state index in [9.17, 15) is 5.11 Å². The number of hydrogen-bond donors (Lipinski definition) is 2. The molecule has 0 atom stereocenters. The van der Waals surface area contributed by atoms with Gasteiger partial charge in [-0.1, -0.05) is 12.1 Å². The van der Waals surface area contributed by atoms with Crippen LogP contribution >= 0.6 is 0 Å². The number of nitrogens with zero attached hydrogens (tertiary/aromatic N) is 1. The quantitative estimate of drug-likeness (QED) is 0.768. The van der Waals surface area contributed by atoms with Crippen molar-refractivity contribution in [2.45, 2.75) is 19.4 Å². The molecule has 84 valence electrons. The zero-order valence-electron chi connectivity index (χ0n) is 9.53. The number of phenolic OH excluding ortho intramolecular Hbond substituents is 1. The van der Waals surface area contributed by atoms with Gasteiger partial charge in [0.05, 0.1) is 0 Å². The van der Waals surface area contributed by atoms with Crippen LogP contribution in [0.4, 0.5) is 0 Å². The minimum Gasteiger partial charge on any atom is -0.508 e. The Balaban J connectivity index is 2.75. The molecule has 0 spiro atoms. The molecule has 3 nitrogen and oxygen atoms in total. The Morgan fingerprint density at radius 3 is 2.67 bits per heavy atom. The van der Waals surface area contributed by atoms with E-state index < -0.39 is 0 Å². The van der Waals surface area contributed by atoms with E-state index in [1.165, 1.54) is 5.56 Å². The van der Waals surface area contributed by atoms with Gasteiger partial charge in [0.2, 0.25) is 0 Å². The van der Waals surface area contributed by atoms with E-state index in [0.29, 0.717) is 12.3 Å². The number of hydrogen-bond acceptors (Lipinski definition) is 3. The third-order valence-electron chi connectivity index (χ3n) is 2.30. The Morgan fingerprint density at radius 2 is 2.07 bits per heavy atom. The zero-order chi connectivity index (χ0) is 11.3. The van der Waals surface area contributed by atoms with Gasteiger partial charge in [-0.25, -0.2) is 0 Å². The first kappa shape index (κ1) is 12.0. The number of rotatable bonds is 5. The van der Waals surface area contributed by atoms with E-state index >= 15 is 0 Å². The second kappa shape index (κ2) is 5.73. The summed E-state index contributed by atoms with van der Waals surface area (Å²) < 4.78 is 0. The van der Waals surface area contributed by atoms with Crippen molar-refractivity contribution in [3.63, 3.8) is 0 Å². The van der Waals surface area contributed by atoms with Crippen molar-refractivity contribution in [2.75, 3.05) is 20.6 Å². The van der Waals surface area contributed by atoms with Crippen LogP contribution in [0.2, 0.25) is 0 Å². The van der Waals surface area contributed by atoms with Gasteiger partial charge in [-0.15, -0.1) is 0 Å². The molecule has 0 aliphatic rings. The van der Waals surface area contributed by atoms with Crippen LogP contribution in [0.3, 0.4) is 0 Å². The fourth-order valence-electron chi connectivity index (χ4n) is 1.57. The first-order valence-electron chi connectivity index (χ1n) is 5.29. The summed E-state index contributed by atoms with van der Waals surface area (Å²) in [5, 5.41) is 9.66. The van der Waals surface area contributed by atoms with E-state index in [0.717, 1.165) is 24.9 Å². The standard InChI is InChI=1S/C12H20N2O/c1-14(2)9-11-8-10(4-3-7-13)5-6-12(11)15/h5-6,8,15H,3-4,7,9,13H2,1-2H3. The minimum absolute atomic E-state index is 0.375. The summed E-state index contributed by atoms with van der Waals surface area (Å²) >= 11 is 0. The third-order valence-corrected chi connectivity index (χ3v) is 2.30. The zero-order valence-corrected chi connectivity index (χ0v) is 9.53. The fraction of sp³-hybridized carbons (Fsp3) is 0.500. The molecule has 1 aromatic carbocycles. The van der Waals surface area contributed by atoms with E-state index in [4.69, 9.17) is 5.73 Å². The van der Waals surface area contributed by atoms with Crippen molar-refractivity contribution in [2.24, 2.45) is 5.73 Å². The molecule has 3 heteroatoms. The Bertz CT molecular complexity index is 310. The molecule has 0 aliphatic heterocycles. The van der Waals surface area contributed by atoms with Crippen LogP contribution in [-0.4, -0.2) is 30.6 Å². The molecule has 0 saturated carbocycles. The second-order valence-corrected chi connectivity index (χ2v) is 4.09. The lowest BCUT2D eigenvalue weighted by molar-refractivity contribution is 0.385. The van der Waals surface area contributed by atoms with Gasteiger partial charge in [0.1, 0.15) is 5.75 Å². The molecule has 0 aliphatic carbocycles. The fourth-order valence-corrected chi connectivity index (χ4v) is 1.57. The Morgan fingerprint density at radius 1 is 1.33 bits per heavy atom. The molecule has 0 saturated heterocycles. The number of phenols is 1. The van der Waals surface area contributed by atoms with Crippen molar-refractivity contribution >= 4 is 0 Å². The van der Waals surface area contributed by atoms with Crippen LogP contribution < -0.4 is 5.73 Å². The molecule has 15 heavy (non-hydrogen) atoms. The van der Waals surface area contributed by atoms with Crippen LogP contribution in [0, 0.1) is 0 Å². The van der Waals surface area contributed by atoms with Gasteiger partial charge in [0.25, 0.3) is 0 Å². The lowest BCUT2D eigenvalue weighted by atomic mass is 10.1. The molecular weight excluding hydrogens is 188 g/mol. The summed E-state index contributed by atoms with van der Waals surface area (Å²) in [5.41, 5.74) is 7.69. The predicted octanol–water partition coefficient (Wildman–Crippen LogP) is 1.35. The van der Waals surface area contributed by atoms with E-state index in [1.807, 2.05) is 25.1 Å². The SMILES string of the molecule is CN(C)Cc1cc(CCCN)ccc1O. The molecule has 0 radical (unpaired) electrons. The van der Waals surface area contributed by atoms with E-state index in [1.54, 1.807) is 6.07 Å². The average molecular weight is 208 g/mol. The second-order valence-electron chi connectivity index (χ2n) is 4.09. The predicted molar refractivity (Wildman–Crippen MR) is 62.9 cm³/mol. The van der Waals surface area contributed by atoms with Crippen molar-refractivity contribution in [1.82, 2.24) is 4.90 Å². The highest BCUT2D eigenvalue weighted by Gasteiger charge is 2.03. The number of nitrogens with two attached hydrogens (primary N) is 1. The molecule has 0 aromatic heterocycles. The van der Waals surface area contributed by atoms with Crippen molar-refractivity contribution in [3.05, 3.63) is 29.3 Å². The highest BCUT2D eigenvalue weighted by Crippen LogP contribution is 2.20. The topological polar surface area (TPSA) is 49.5 Å². The maximum atomic E-state index is 9.66. The normalized spacial score (nSPS) is 10.9. The van der Waals surface area contributed by atoms with Gasteiger partial charge in [-0.05, 0) is 45.1 Å². The largest absolute Gasteiger partial charge is 0.508 e. The molecular formula is C12H20N2O. The number of aromatic hydroxyl groups is 1. The Kier molecular flexibility index (Phi) is 4.59. The van der Waals surface area contributed by atoms with Crippen molar-refractivity contribution in [1.29, 1.82) is 0 Å². The molecule has 0 fully saturated rings. The average Bonchev–Trinajstić information content (AvgIpc) is 2.18. The maximum absolute atomic E-state index is 9.66. The van der Waals surface area contributed by atoms with Gasteiger partial charge >= 0.3 is 0 Å².